The van der Waals surface area contributed by atoms with Crippen LogP contribution in [0.25, 0.3) is 0 Å². The lowest BCUT2D eigenvalue weighted by Gasteiger charge is -2.17. The Morgan fingerprint density at radius 2 is 2.12 bits per heavy atom. The third-order valence-corrected chi connectivity index (χ3v) is 4.89. The summed E-state index contributed by atoms with van der Waals surface area (Å²) in [6.45, 7) is 2.98. The highest BCUT2D eigenvalue weighted by atomic mass is 35.5. The normalized spacial score (nSPS) is 13.0. The van der Waals surface area contributed by atoms with Crippen LogP contribution in [0.3, 0.4) is 0 Å². The first-order chi connectivity index (χ1) is 12.4. The second-order valence-electron chi connectivity index (χ2n) is 6.48. The van der Waals surface area contributed by atoms with E-state index in [-0.39, 0.29) is 25.0 Å². The van der Waals surface area contributed by atoms with Gasteiger partial charge >= 0.3 is 0 Å². The van der Waals surface area contributed by atoms with Crippen LogP contribution in [-0.2, 0) is 29.2 Å². The number of carbonyl (C=O) groups excluding carboxylic acids is 2. The van der Waals surface area contributed by atoms with Gasteiger partial charge in [0.25, 0.3) is 5.91 Å². The number of halogens is 1. The Labute approximate surface area is 156 Å². The summed E-state index contributed by atoms with van der Waals surface area (Å²) in [5.41, 5.74) is 3.96. The summed E-state index contributed by atoms with van der Waals surface area (Å²) in [7, 11) is 3.36. The lowest BCUT2D eigenvalue weighted by atomic mass is 10.1. The minimum atomic E-state index is -0.106. The molecule has 0 saturated heterocycles. The van der Waals surface area contributed by atoms with E-state index < -0.39 is 0 Å². The number of benzene rings is 1. The SMILES string of the molecule is Cc1c(Cl)cccc1C(=O)N1Cc2[nH]nc(COCC(=O)N(C)C)c2C1. The zero-order valence-corrected chi connectivity index (χ0v) is 15.8. The number of hydrogen-bond acceptors (Lipinski definition) is 4. The van der Waals surface area contributed by atoms with E-state index in [1.807, 2.05) is 6.92 Å². The first kappa shape index (κ1) is 18.4. The Balaban J connectivity index is 1.66. The number of fused-ring (bicyclic) bond motifs is 1. The monoisotopic (exact) mass is 376 g/mol. The molecule has 0 bridgehead atoms. The van der Waals surface area contributed by atoms with Gasteiger partial charge in [-0.25, -0.2) is 0 Å². The van der Waals surface area contributed by atoms with Crippen molar-refractivity contribution in [3.8, 4) is 0 Å². The van der Waals surface area contributed by atoms with Gasteiger partial charge in [-0.15, -0.1) is 0 Å². The number of ether oxygens (including phenoxy) is 1. The highest BCUT2D eigenvalue weighted by Crippen LogP contribution is 2.28. The fourth-order valence-corrected chi connectivity index (χ4v) is 3.01. The number of rotatable bonds is 5. The van der Waals surface area contributed by atoms with Crippen molar-refractivity contribution in [1.82, 2.24) is 20.0 Å². The molecule has 1 N–H and O–H groups in total. The van der Waals surface area contributed by atoms with Crippen LogP contribution in [-0.4, -0.2) is 52.5 Å². The van der Waals surface area contributed by atoms with E-state index in [1.165, 1.54) is 4.90 Å². The van der Waals surface area contributed by atoms with Crippen LogP contribution < -0.4 is 0 Å². The summed E-state index contributed by atoms with van der Waals surface area (Å²) >= 11 is 6.13. The highest BCUT2D eigenvalue weighted by Gasteiger charge is 2.29. The molecule has 0 aliphatic carbocycles. The van der Waals surface area contributed by atoms with Gasteiger partial charge < -0.3 is 14.5 Å². The molecule has 1 aliphatic rings. The lowest BCUT2D eigenvalue weighted by Crippen LogP contribution is -2.27. The van der Waals surface area contributed by atoms with Gasteiger partial charge in [0, 0.05) is 30.2 Å². The van der Waals surface area contributed by atoms with E-state index in [9.17, 15) is 9.59 Å². The molecule has 0 spiro atoms. The smallest absolute Gasteiger partial charge is 0.254 e. The van der Waals surface area contributed by atoms with E-state index in [0.717, 1.165) is 22.5 Å². The summed E-state index contributed by atoms with van der Waals surface area (Å²) in [4.78, 5) is 27.6. The van der Waals surface area contributed by atoms with Crippen LogP contribution >= 0.6 is 11.6 Å². The summed E-state index contributed by atoms with van der Waals surface area (Å²) in [5.74, 6) is -0.172. The molecule has 2 heterocycles. The van der Waals surface area contributed by atoms with Gasteiger partial charge in [0.2, 0.25) is 5.91 Å². The van der Waals surface area contributed by atoms with Crippen molar-refractivity contribution in [3.05, 3.63) is 51.3 Å². The predicted octanol–water partition coefficient (Wildman–Crippen LogP) is 2.13. The van der Waals surface area contributed by atoms with Crippen molar-refractivity contribution in [3.63, 3.8) is 0 Å². The molecular formula is C18H21ClN4O3. The van der Waals surface area contributed by atoms with Crippen molar-refractivity contribution in [1.29, 1.82) is 0 Å². The van der Waals surface area contributed by atoms with Gasteiger partial charge in [-0.2, -0.15) is 5.10 Å². The van der Waals surface area contributed by atoms with Crippen molar-refractivity contribution in [2.75, 3.05) is 20.7 Å². The molecule has 1 aromatic heterocycles. The third-order valence-electron chi connectivity index (χ3n) is 4.48. The van der Waals surface area contributed by atoms with Crippen molar-refractivity contribution in [2.24, 2.45) is 0 Å². The molecule has 7 nitrogen and oxygen atoms in total. The minimum absolute atomic E-state index is 0.00100. The topological polar surface area (TPSA) is 78.5 Å². The standard InChI is InChI=1S/C18H21ClN4O3/c1-11-12(5-4-6-14(11)19)18(25)23-7-13-15(8-23)20-21-16(13)9-26-10-17(24)22(2)3/h4-6H,7-10H2,1-3H3,(H,20,21). The number of amides is 2. The average Bonchev–Trinajstić information content (AvgIpc) is 3.18. The van der Waals surface area contributed by atoms with Crippen LogP contribution in [0.2, 0.25) is 5.02 Å². The first-order valence-electron chi connectivity index (χ1n) is 8.25. The molecule has 0 unspecified atom stereocenters. The largest absolute Gasteiger partial charge is 0.365 e. The predicted molar refractivity (Wildman–Crippen MR) is 96.7 cm³/mol. The quantitative estimate of drug-likeness (QED) is 0.867. The molecule has 0 radical (unpaired) electrons. The molecule has 138 valence electrons. The number of carbonyl (C=O) groups is 2. The van der Waals surface area contributed by atoms with Crippen LogP contribution in [0.1, 0.15) is 32.9 Å². The Morgan fingerprint density at radius 1 is 1.35 bits per heavy atom. The first-order valence-corrected chi connectivity index (χ1v) is 8.63. The molecule has 0 saturated carbocycles. The van der Waals surface area contributed by atoms with Crippen LogP contribution in [0.4, 0.5) is 0 Å². The Bertz CT molecular complexity index is 847. The summed E-state index contributed by atoms with van der Waals surface area (Å²) in [5, 5.41) is 7.79. The molecule has 26 heavy (non-hydrogen) atoms. The zero-order chi connectivity index (χ0) is 18.8. The van der Waals surface area contributed by atoms with Crippen molar-refractivity contribution in [2.45, 2.75) is 26.6 Å². The van der Waals surface area contributed by atoms with E-state index in [1.54, 1.807) is 37.2 Å². The molecule has 1 aliphatic heterocycles. The Morgan fingerprint density at radius 3 is 2.85 bits per heavy atom. The number of nitrogens with zero attached hydrogens (tertiary/aromatic N) is 3. The molecule has 2 amide bonds. The molecule has 2 aromatic rings. The maximum atomic E-state index is 12.8. The third kappa shape index (κ3) is 3.59. The Kier molecular flexibility index (Phi) is 5.29. The van der Waals surface area contributed by atoms with Crippen LogP contribution in [0.15, 0.2) is 18.2 Å². The second-order valence-corrected chi connectivity index (χ2v) is 6.89. The zero-order valence-electron chi connectivity index (χ0n) is 15.0. The lowest BCUT2D eigenvalue weighted by molar-refractivity contribution is -0.134. The van der Waals surface area contributed by atoms with Gasteiger partial charge in [0.15, 0.2) is 0 Å². The second kappa shape index (κ2) is 7.47. The van der Waals surface area contributed by atoms with Crippen molar-refractivity contribution >= 4 is 23.4 Å². The van der Waals surface area contributed by atoms with Crippen LogP contribution in [0, 0.1) is 6.92 Å². The number of nitrogens with one attached hydrogen (secondary N) is 1. The molecule has 1 aromatic carbocycles. The highest BCUT2D eigenvalue weighted by molar-refractivity contribution is 6.31. The molecule has 8 heteroatoms. The molecule has 0 atom stereocenters. The van der Waals surface area contributed by atoms with Gasteiger partial charge in [0.05, 0.1) is 31.1 Å². The van der Waals surface area contributed by atoms with E-state index >= 15 is 0 Å². The maximum Gasteiger partial charge on any atom is 0.254 e. The minimum Gasteiger partial charge on any atom is -0.365 e. The molecular weight excluding hydrogens is 356 g/mol. The fraction of sp³-hybridized carbons (Fsp3) is 0.389. The number of likely N-dealkylation sites (N-methyl/N-ethyl adjacent to an activating group) is 1. The number of H-pyrrole nitrogens is 1. The number of aromatic nitrogens is 2. The summed E-state index contributed by atoms with van der Waals surface area (Å²) in [6, 6.07) is 5.33. The van der Waals surface area contributed by atoms with Gasteiger partial charge in [-0.1, -0.05) is 17.7 Å². The maximum absolute atomic E-state index is 12.8. The van der Waals surface area contributed by atoms with Gasteiger partial charge in [0.1, 0.15) is 6.61 Å². The molecule has 3 rings (SSSR count). The van der Waals surface area contributed by atoms with Gasteiger partial charge in [-0.05, 0) is 24.6 Å². The molecule has 0 fully saturated rings. The average molecular weight is 377 g/mol. The number of hydrogen-bond donors (Lipinski definition) is 1. The van der Waals surface area contributed by atoms with Crippen LogP contribution in [0.5, 0.6) is 0 Å². The van der Waals surface area contributed by atoms with E-state index in [2.05, 4.69) is 10.2 Å². The number of aromatic amines is 1. The van der Waals surface area contributed by atoms with E-state index in [0.29, 0.717) is 23.7 Å². The van der Waals surface area contributed by atoms with Gasteiger partial charge in [-0.3, -0.25) is 14.7 Å². The fourth-order valence-electron chi connectivity index (χ4n) is 2.84. The van der Waals surface area contributed by atoms with Crippen molar-refractivity contribution < 1.29 is 14.3 Å². The Hall–Kier alpha value is -2.38. The summed E-state index contributed by atoms with van der Waals surface area (Å²) in [6.07, 6.45) is 0. The summed E-state index contributed by atoms with van der Waals surface area (Å²) < 4.78 is 5.45. The van der Waals surface area contributed by atoms with E-state index in [4.69, 9.17) is 16.3 Å².